The Morgan fingerprint density at radius 2 is 2.04 bits per heavy atom. The first-order valence-corrected chi connectivity index (χ1v) is 9.49. The number of carbonyl (C=O) groups is 4. The van der Waals surface area contributed by atoms with Gasteiger partial charge in [0, 0.05) is 31.5 Å². The second kappa shape index (κ2) is 10.7. The minimum Gasteiger partial charge on any atom is -0.452 e. The van der Waals surface area contributed by atoms with Gasteiger partial charge >= 0.3 is 5.97 Å². The molecule has 146 valence electrons. The topological polar surface area (TPSA) is 102 Å². The number of nitrogens with zero attached hydrogens (tertiary/aromatic N) is 1. The van der Waals surface area contributed by atoms with E-state index in [1.807, 2.05) is 0 Å². The molecule has 1 aromatic rings. The number of nitrogens with one attached hydrogen (secondary N) is 1. The van der Waals surface area contributed by atoms with E-state index in [2.05, 4.69) is 5.32 Å². The molecule has 1 aliphatic heterocycles. The highest BCUT2D eigenvalue weighted by Crippen LogP contribution is 2.23. The lowest BCUT2D eigenvalue weighted by molar-refractivity contribution is -0.143. The molecular formula is C18H22N2O6S. The Kier molecular flexibility index (Phi) is 8.28. The van der Waals surface area contributed by atoms with Crippen LogP contribution in [-0.2, 0) is 23.9 Å². The Bertz CT molecular complexity index is 709. The van der Waals surface area contributed by atoms with E-state index in [-0.39, 0.29) is 23.1 Å². The second-order valence-corrected chi connectivity index (χ2v) is 6.76. The molecule has 1 saturated heterocycles. The lowest BCUT2D eigenvalue weighted by Crippen LogP contribution is -2.35. The zero-order valence-corrected chi connectivity index (χ0v) is 15.9. The molecule has 1 N–H and O–H groups in total. The molecule has 0 aromatic heterocycles. The number of esters is 1. The van der Waals surface area contributed by atoms with E-state index in [1.54, 1.807) is 31.4 Å². The van der Waals surface area contributed by atoms with Crippen molar-refractivity contribution in [2.45, 2.75) is 17.7 Å². The number of ether oxygens (including phenoxy) is 2. The summed E-state index contributed by atoms with van der Waals surface area (Å²) in [5.41, 5.74) is 0.271. The third-order valence-corrected chi connectivity index (χ3v) is 4.87. The molecular weight excluding hydrogens is 372 g/mol. The molecule has 9 heteroatoms. The van der Waals surface area contributed by atoms with Crippen LogP contribution in [0.25, 0.3) is 0 Å². The van der Waals surface area contributed by atoms with Crippen LogP contribution in [0.3, 0.4) is 0 Å². The van der Waals surface area contributed by atoms with E-state index in [4.69, 9.17) is 9.47 Å². The van der Waals surface area contributed by atoms with Gasteiger partial charge in [-0.2, -0.15) is 0 Å². The average molecular weight is 394 g/mol. The number of benzene rings is 1. The number of rotatable bonds is 9. The summed E-state index contributed by atoms with van der Waals surface area (Å²) in [4.78, 5) is 49.3. The molecule has 1 fully saturated rings. The SMILES string of the molecule is COCCNC(=O)CSc1ccccc1C(=O)OCC(=O)N1CCCC1=O. The van der Waals surface area contributed by atoms with Crippen LogP contribution in [0, 0.1) is 0 Å². The van der Waals surface area contributed by atoms with E-state index in [0.717, 1.165) is 4.90 Å². The summed E-state index contributed by atoms with van der Waals surface area (Å²) >= 11 is 1.20. The van der Waals surface area contributed by atoms with Gasteiger partial charge in [0.15, 0.2) is 6.61 Å². The highest BCUT2D eigenvalue weighted by Gasteiger charge is 2.27. The zero-order valence-electron chi connectivity index (χ0n) is 15.1. The van der Waals surface area contributed by atoms with Crippen molar-refractivity contribution in [1.29, 1.82) is 0 Å². The van der Waals surface area contributed by atoms with Crippen molar-refractivity contribution < 1.29 is 28.7 Å². The summed E-state index contributed by atoms with van der Waals surface area (Å²) in [5, 5.41) is 2.69. The van der Waals surface area contributed by atoms with Gasteiger partial charge in [0.2, 0.25) is 11.8 Å². The lowest BCUT2D eigenvalue weighted by Gasteiger charge is -2.14. The molecule has 0 unspecified atom stereocenters. The third-order valence-electron chi connectivity index (χ3n) is 3.80. The number of hydrogen-bond donors (Lipinski definition) is 1. The van der Waals surface area contributed by atoms with Crippen molar-refractivity contribution in [3.05, 3.63) is 29.8 Å². The van der Waals surface area contributed by atoms with Gasteiger partial charge in [-0.1, -0.05) is 12.1 Å². The summed E-state index contributed by atoms with van der Waals surface area (Å²) in [6.45, 7) is 0.713. The van der Waals surface area contributed by atoms with Crippen LogP contribution < -0.4 is 5.32 Å². The van der Waals surface area contributed by atoms with Crippen molar-refractivity contribution in [2.75, 3.05) is 39.2 Å². The van der Waals surface area contributed by atoms with Crippen LogP contribution in [0.15, 0.2) is 29.2 Å². The van der Waals surface area contributed by atoms with Gasteiger partial charge in [-0.25, -0.2) is 4.79 Å². The van der Waals surface area contributed by atoms with Gasteiger partial charge in [-0.15, -0.1) is 11.8 Å². The number of hydrogen-bond acceptors (Lipinski definition) is 7. The van der Waals surface area contributed by atoms with Crippen molar-refractivity contribution in [3.8, 4) is 0 Å². The van der Waals surface area contributed by atoms with Gasteiger partial charge in [0.05, 0.1) is 17.9 Å². The van der Waals surface area contributed by atoms with E-state index >= 15 is 0 Å². The van der Waals surface area contributed by atoms with Crippen LogP contribution in [0.1, 0.15) is 23.2 Å². The third kappa shape index (κ3) is 6.37. The van der Waals surface area contributed by atoms with Gasteiger partial charge in [0.1, 0.15) is 0 Å². The maximum Gasteiger partial charge on any atom is 0.339 e. The largest absolute Gasteiger partial charge is 0.452 e. The van der Waals surface area contributed by atoms with E-state index in [0.29, 0.717) is 37.4 Å². The Hall–Kier alpha value is -2.39. The quantitative estimate of drug-likeness (QED) is 0.376. The monoisotopic (exact) mass is 394 g/mol. The number of carbonyl (C=O) groups excluding carboxylic acids is 4. The summed E-state index contributed by atoms with van der Waals surface area (Å²) in [6.07, 6.45) is 0.968. The number of thioether (sulfide) groups is 1. The van der Waals surface area contributed by atoms with Crippen molar-refractivity contribution >= 4 is 35.5 Å². The summed E-state index contributed by atoms with van der Waals surface area (Å²) in [7, 11) is 1.55. The number of amides is 3. The maximum atomic E-state index is 12.3. The van der Waals surface area contributed by atoms with Crippen molar-refractivity contribution in [2.24, 2.45) is 0 Å². The maximum absolute atomic E-state index is 12.3. The van der Waals surface area contributed by atoms with Gasteiger partial charge in [0.25, 0.3) is 5.91 Å². The van der Waals surface area contributed by atoms with Crippen LogP contribution in [0.4, 0.5) is 0 Å². The van der Waals surface area contributed by atoms with Gasteiger partial charge < -0.3 is 14.8 Å². The molecule has 0 aliphatic carbocycles. The fourth-order valence-electron chi connectivity index (χ4n) is 2.44. The first-order chi connectivity index (χ1) is 13.0. The zero-order chi connectivity index (χ0) is 19.6. The Labute approximate surface area is 161 Å². The standard InChI is InChI=1S/C18H22N2O6S/c1-25-10-8-19-15(21)12-27-14-6-3-2-5-13(14)18(24)26-11-17(23)20-9-4-7-16(20)22/h2-3,5-6H,4,7-12H2,1H3,(H,19,21). The van der Waals surface area contributed by atoms with Crippen LogP contribution in [0.2, 0.25) is 0 Å². The normalized spacial score (nSPS) is 13.5. The fourth-order valence-corrected chi connectivity index (χ4v) is 3.31. The highest BCUT2D eigenvalue weighted by molar-refractivity contribution is 8.00. The molecule has 0 bridgehead atoms. The summed E-state index contributed by atoms with van der Waals surface area (Å²) < 4.78 is 9.93. The second-order valence-electron chi connectivity index (χ2n) is 5.75. The van der Waals surface area contributed by atoms with E-state index in [1.165, 1.54) is 11.8 Å². The molecule has 0 saturated carbocycles. The Morgan fingerprint density at radius 3 is 2.74 bits per heavy atom. The molecule has 2 rings (SSSR count). The predicted octanol–water partition coefficient (Wildman–Crippen LogP) is 0.847. The lowest BCUT2D eigenvalue weighted by atomic mass is 10.2. The first kappa shape index (κ1) is 20.9. The van der Waals surface area contributed by atoms with Crippen molar-refractivity contribution in [3.63, 3.8) is 0 Å². The summed E-state index contributed by atoms with van der Waals surface area (Å²) in [6, 6.07) is 6.69. The number of likely N-dealkylation sites (tertiary alicyclic amines) is 1. The smallest absolute Gasteiger partial charge is 0.339 e. The average Bonchev–Trinajstić information content (AvgIpc) is 3.10. The Morgan fingerprint density at radius 1 is 1.26 bits per heavy atom. The minimum absolute atomic E-state index is 0.134. The van der Waals surface area contributed by atoms with Crippen molar-refractivity contribution in [1.82, 2.24) is 10.2 Å². The van der Waals surface area contributed by atoms with Gasteiger partial charge in [-0.3, -0.25) is 19.3 Å². The first-order valence-electron chi connectivity index (χ1n) is 8.50. The molecule has 8 nitrogen and oxygen atoms in total. The molecule has 0 spiro atoms. The van der Waals surface area contributed by atoms with Crippen LogP contribution in [0.5, 0.6) is 0 Å². The molecule has 1 heterocycles. The molecule has 1 aliphatic rings. The predicted molar refractivity (Wildman–Crippen MR) is 98.3 cm³/mol. The van der Waals surface area contributed by atoms with Gasteiger partial charge in [-0.05, 0) is 18.6 Å². The number of imide groups is 1. The van der Waals surface area contributed by atoms with E-state index < -0.39 is 18.5 Å². The Balaban J connectivity index is 1.88. The molecule has 27 heavy (non-hydrogen) atoms. The highest BCUT2D eigenvalue weighted by atomic mass is 32.2. The van der Waals surface area contributed by atoms with Crippen LogP contribution in [-0.4, -0.2) is 67.8 Å². The molecule has 1 aromatic carbocycles. The minimum atomic E-state index is -0.669. The molecule has 0 atom stereocenters. The number of methoxy groups -OCH3 is 1. The summed E-state index contributed by atoms with van der Waals surface area (Å²) in [5.74, 6) is -1.48. The fraction of sp³-hybridized carbons (Fsp3) is 0.444. The van der Waals surface area contributed by atoms with E-state index in [9.17, 15) is 19.2 Å². The van der Waals surface area contributed by atoms with Crippen LogP contribution >= 0.6 is 11.8 Å². The molecule has 3 amide bonds. The molecule has 0 radical (unpaired) electrons.